The van der Waals surface area contributed by atoms with Crippen molar-refractivity contribution in [2.45, 2.75) is 70.8 Å². The van der Waals surface area contributed by atoms with E-state index in [0.717, 1.165) is 57.8 Å². The lowest BCUT2D eigenvalue weighted by Gasteiger charge is -2.68. The summed E-state index contributed by atoms with van der Waals surface area (Å²) in [5, 5.41) is 20.1. The fourth-order valence-electron chi connectivity index (χ4n) is 7.23. The van der Waals surface area contributed by atoms with Crippen molar-refractivity contribution in [3.8, 4) is 0 Å². The second-order valence-corrected chi connectivity index (χ2v) is 9.00. The number of rotatable bonds is 10. The molecule has 5 atom stereocenters. The highest BCUT2D eigenvalue weighted by atomic mass is 17.0. The number of hydrogen-bond acceptors (Lipinski definition) is 7. The maximum atomic E-state index is 11.1. The third kappa shape index (κ3) is 3.45. The minimum absolute atomic E-state index is 0.0795. The van der Waals surface area contributed by atoms with Crippen LogP contribution in [-0.4, -0.2) is 29.4 Å². The zero-order chi connectivity index (χ0) is 19.0. The molecule has 4 rings (SSSR count). The topological polar surface area (TPSA) is 131 Å². The van der Waals surface area contributed by atoms with Gasteiger partial charge in [0, 0.05) is 5.41 Å². The summed E-state index contributed by atoms with van der Waals surface area (Å²) in [4.78, 5) is 31.3. The van der Waals surface area contributed by atoms with Crippen LogP contribution >= 0.6 is 0 Å². The molecule has 0 aromatic rings. The van der Waals surface area contributed by atoms with Crippen molar-refractivity contribution in [3.05, 3.63) is 20.2 Å². The Labute approximate surface area is 152 Å². The van der Waals surface area contributed by atoms with E-state index in [2.05, 4.69) is 11.8 Å². The SMILES string of the molecule is CCCC12CC3CC(CCN)(C1)CC(C(CO[N+](=O)[O-])O[N+](=O)[O-])(C3)C2. The smallest absolute Gasteiger partial charge is 0.294 e. The van der Waals surface area contributed by atoms with Crippen molar-refractivity contribution in [1.29, 1.82) is 0 Å². The summed E-state index contributed by atoms with van der Waals surface area (Å²) in [6, 6.07) is 0. The molecule has 4 fully saturated rings. The van der Waals surface area contributed by atoms with E-state index in [-0.39, 0.29) is 17.4 Å². The van der Waals surface area contributed by atoms with E-state index < -0.39 is 21.7 Å². The maximum absolute atomic E-state index is 11.1. The fourth-order valence-corrected chi connectivity index (χ4v) is 7.23. The molecule has 4 aliphatic rings. The van der Waals surface area contributed by atoms with Gasteiger partial charge in [0.2, 0.25) is 0 Å². The van der Waals surface area contributed by atoms with Crippen LogP contribution in [0.3, 0.4) is 0 Å². The Hall–Kier alpha value is -1.64. The second kappa shape index (κ2) is 6.83. The van der Waals surface area contributed by atoms with Gasteiger partial charge >= 0.3 is 0 Å². The lowest BCUT2D eigenvalue weighted by atomic mass is 9.37. The number of nitrogens with zero attached hydrogens (tertiary/aromatic N) is 2. The minimum Gasteiger partial charge on any atom is -0.330 e. The van der Waals surface area contributed by atoms with Gasteiger partial charge in [0.05, 0.1) is 0 Å². The van der Waals surface area contributed by atoms with E-state index >= 15 is 0 Å². The van der Waals surface area contributed by atoms with Gasteiger partial charge in [-0.3, -0.25) is 0 Å². The molecule has 4 saturated carbocycles. The van der Waals surface area contributed by atoms with Gasteiger partial charge in [-0.25, -0.2) is 0 Å². The molecular formula is C17H29N3O6. The minimum atomic E-state index is -0.903. The first-order chi connectivity index (χ1) is 12.3. The Morgan fingerprint density at radius 2 is 1.73 bits per heavy atom. The second-order valence-electron chi connectivity index (χ2n) is 9.00. The zero-order valence-electron chi connectivity index (χ0n) is 15.4. The summed E-state index contributed by atoms with van der Waals surface area (Å²) >= 11 is 0. The van der Waals surface area contributed by atoms with E-state index in [4.69, 9.17) is 10.6 Å². The van der Waals surface area contributed by atoms with Crippen LogP contribution in [0.15, 0.2) is 0 Å². The normalized spacial score (nSPS) is 38.8. The van der Waals surface area contributed by atoms with Crippen LogP contribution in [0.25, 0.3) is 0 Å². The van der Waals surface area contributed by atoms with Crippen molar-refractivity contribution >= 4 is 0 Å². The lowest BCUT2D eigenvalue weighted by molar-refractivity contribution is -0.794. The van der Waals surface area contributed by atoms with Crippen molar-refractivity contribution < 1.29 is 19.8 Å². The molecule has 148 valence electrons. The van der Waals surface area contributed by atoms with E-state index in [9.17, 15) is 20.2 Å². The van der Waals surface area contributed by atoms with E-state index in [0.29, 0.717) is 12.5 Å². The summed E-state index contributed by atoms with van der Waals surface area (Å²) < 4.78 is 0. The summed E-state index contributed by atoms with van der Waals surface area (Å²) in [6.07, 6.45) is 7.96. The van der Waals surface area contributed by atoms with E-state index in [1.807, 2.05) is 0 Å². The molecule has 4 aliphatic carbocycles. The van der Waals surface area contributed by atoms with Gasteiger partial charge in [0.1, 0.15) is 12.7 Å². The summed E-state index contributed by atoms with van der Waals surface area (Å²) in [5.41, 5.74) is 5.70. The van der Waals surface area contributed by atoms with E-state index in [1.165, 1.54) is 0 Å². The van der Waals surface area contributed by atoms with Gasteiger partial charge in [0.15, 0.2) is 0 Å². The number of hydrogen-bond donors (Lipinski definition) is 1. The lowest BCUT2D eigenvalue weighted by Crippen LogP contribution is -2.62. The predicted octanol–water partition coefficient (Wildman–Crippen LogP) is 2.88. The Morgan fingerprint density at radius 3 is 2.27 bits per heavy atom. The molecule has 9 heteroatoms. The van der Waals surface area contributed by atoms with Crippen molar-refractivity contribution in [1.82, 2.24) is 0 Å². The third-order valence-electron chi connectivity index (χ3n) is 7.03. The highest BCUT2D eigenvalue weighted by Gasteiger charge is 2.65. The van der Waals surface area contributed by atoms with Crippen LogP contribution < -0.4 is 5.73 Å². The van der Waals surface area contributed by atoms with Gasteiger partial charge < -0.3 is 15.4 Å². The third-order valence-corrected chi connectivity index (χ3v) is 7.03. The Balaban J connectivity index is 1.94. The molecule has 0 saturated heterocycles. The largest absolute Gasteiger partial charge is 0.330 e. The Morgan fingerprint density at radius 1 is 1.08 bits per heavy atom. The maximum Gasteiger partial charge on any atom is 0.294 e. The molecule has 26 heavy (non-hydrogen) atoms. The molecule has 0 aromatic heterocycles. The first kappa shape index (κ1) is 19.1. The highest BCUT2D eigenvalue weighted by Crippen LogP contribution is 2.72. The highest BCUT2D eigenvalue weighted by molar-refractivity contribution is 5.14. The monoisotopic (exact) mass is 371 g/mol. The Bertz CT molecular complexity index is 549. The molecule has 0 aliphatic heterocycles. The quantitative estimate of drug-likeness (QED) is 0.461. The molecule has 9 nitrogen and oxygen atoms in total. The molecule has 0 radical (unpaired) electrons. The Kier molecular flexibility index (Phi) is 5.02. The summed E-state index contributed by atoms with van der Waals surface area (Å²) in [6.45, 7) is 2.38. The van der Waals surface area contributed by atoms with Crippen LogP contribution in [0.2, 0.25) is 0 Å². The van der Waals surface area contributed by atoms with Crippen molar-refractivity contribution in [2.75, 3.05) is 13.2 Å². The van der Waals surface area contributed by atoms with Crippen LogP contribution in [0.1, 0.15) is 64.7 Å². The first-order valence-corrected chi connectivity index (χ1v) is 9.55. The number of nitrogens with two attached hydrogens (primary N) is 1. The van der Waals surface area contributed by atoms with Crippen molar-refractivity contribution in [3.63, 3.8) is 0 Å². The molecule has 0 spiro atoms. The van der Waals surface area contributed by atoms with Gasteiger partial charge in [-0.2, -0.15) is 0 Å². The van der Waals surface area contributed by atoms with Crippen molar-refractivity contribution in [2.24, 2.45) is 27.9 Å². The fraction of sp³-hybridized carbons (Fsp3) is 1.00. The molecule has 4 bridgehead atoms. The average Bonchev–Trinajstić information content (AvgIpc) is 2.49. The van der Waals surface area contributed by atoms with Gasteiger partial charge in [0.25, 0.3) is 10.2 Å². The molecule has 0 heterocycles. The molecular weight excluding hydrogens is 342 g/mol. The average molecular weight is 371 g/mol. The van der Waals surface area contributed by atoms with Crippen LogP contribution in [-0.2, 0) is 9.68 Å². The predicted molar refractivity (Wildman–Crippen MR) is 91.9 cm³/mol. The molecule has 5 unspecified atom stereocenters. The standard InChI is InChI=1S/C17H29N3O6/c1-2-3-15-6-13-7-16(10-15,4-5-18)12-17(8-13,11-15)14(26-20(23)24)9-25-19(21)22/h13-14H,2-12,18H2,1H3. The van der Waals surface area contributed by atoms with Crippen LogP contribution in [0, 0.1) is 42.4 Å². The zero-order valence-corrected chi connectivity index (χ0v) is 15.4. The van der Waals surface area contributed by atoms with Gasteiger partial charge in [-0.15, -0.1) is 20.2 Å². The summed E-state index contributed by atoms with van der Waals surface area (Å²) in [7, 11) is 0. The van der Waals surface area contributed by atoms with E-state index in [1.54, 1.807) is 0 Å². The molecule has 0 amide bonds. The van der Waals surface area contributed by atoms with Gasteiger partial charge in [-0.1, -0.05) is 13.3 Å². The first-order valence-electron chi connectivity index (χ1n) is 9.55. The molecule has 2 N–H and O–H groups in total. The summed E-state index contributed by atoms with van der Waals surface area (Å²) in [5.74, 6) is 0.484. The van der Waals surface area contributed by atoms with Gasteiger partial charge in [-0.05, 0) is 74.7 Å². The van der Waals surface area contributed by atoms with Crippen LogP contribution in [0.4, 0.5) is 0 Å². The van der Waals surface area contributed by atoms with Crippen LogP contribution in [0.5, 0.6) is 0 Å². The molecule has 0 aromatic carbocycles.